The number of morpholine rings is 1. The minimum absolute atomic E-state index is 0.199. The van der Waals surface area contributed by atoms with Crippen LogP contribution in [0.15, 0.2) is 6.07 Å². The lowest BCUT2D eigenvalue weighted by Crippen LogP contribution is -2.42. The van der Waals surface area contributed by atoms with Crippen molar-refractivity contribution in [2.45, 2.75) is 13.0 Å². The van der Waals surface area contributed by atoms with Crippen LogP contribution in [0.3, 0.4) is 0 Å². The summed E-state index contributed by atoms with van der Waals surface area (Å²) in [6.45, 7) is 6.45. The van der Waals surface area contributed by atoms with Crippen molar-refractivity contribution < 1.29 is 4.74 Å². The molecular formula is C12H19Cl2N5O. The number of nitrogens with zero attached hydrogens (tertiary/aromatic N) is 2. The van der Waals surface area contributed by atoms with Gasteiger partial charge in [0, 0.05) is 25.7 Å². The van der Waals surface area contributed by atoms with E-state index in [1.165, 1.54) is 0 Å². The summed E-state index contributed by atoms with van der Waals surface area (Å²) in [5.74, 6) is 6.33. The Balaban J connectivity index is 1.97. The summed E-state index contributed by atoms with van der Waals surface area (Å²) < 4.78 is 5.33. The van der Waals surface area contributed by atoms with Gasteiger partial charge in [0.1, 0.15) is 5.82 Å². The van der Waals surface area contributed by atoms with Gasteiger partial charge in [-0.1, -0.05) is 23.2 Å². The molecule has 1 unspecified atom stereocenters. The van der Waals surface area contributed by atoms with Crippen LogP contribution in [0, 0.1) is 0 Å². The second kappa shape index (κ2) is 7.28. The fourth-order valence-corrected chi connectivity index (χ4v) is 2.59. The minimum atomic E-state index is 0.199. The van der Waals surface area contributed by atoms with E-state index in [0.29, 0.717) is 21.7 Å². The Morgan fingerprint density at radius 1 is 1.35 bits per heavy atom. The third kappa shape index (κ3) is 4.10. The molecule has 0 radical (unpaired) electrons. The van der Waals surface area contributed by atoms with E-state index in [1.54, 1.807) is 6.07 Å². The van der Waals surface area contributed by atoms with E-state index in [-0.39, 0.29) is 6.04 Å². The zero-order chi connectivity index (χ0) is 14.5. The van der Waals surface area contributed by atoms with Gasteiger partial charge in [0.25, 0.3) is 0 Å². The van der Waals surface area contributed by atoms with Crippen molar-refractivity contribution >= 4 is 34.8 Å². The van der Waals surface area contributed by atoms with Crippen LogP contribution in [0.25, 0.3) is 0 Å². The topological polar surface area (TPSA) is 75.4 Å². The third-order valence-electron chi connectivity index (χ3n) is 3.09. The Morgan fingerprint density at radius 2 is 2.00 bits per heavy atom. The molecule has 1 aliphatic rings. The first-order valence-electron chi connectivity index (χ1n) is 6.49. The first-order chi connectivity index (χ1) is 9.60. The van der Waals surface area contributed by atoms with Crippen molar-refractivity contribution in [3.63, 3.8) is 0 Å². The van der Waals surface area contributed by atoms with Crippen molar-refractivity contribution in [2.75, 3.05) is 43.6 Å². The Kier molecular flexibility index (Phi) is 5.68. The number of hydrogen-bond donors (Lipinski definition) is 3. The van der Waals surface area contributed by atoms with Gasteiger partial charge in [0.2, 0.25) is 0 Å². The molecule has 0 bridgehead atoms. The summed E-state index contributed by atoms with van der Waals surface area (Å²) in [5.41, 5.74) is 2.45. The maximum Gasteiger partial charge on any atom is 0.161 e. The summed E-state index contributed by atoms with van der Waals surface area (Å²) in [6, 6.07) is 1.82. The Morgan fingerprint density at radius 3 is 2.65 bits per heavy atom. The first kappa shape index (κ1) is 15.6. The van der Waals surface area contributed by atoms with Crippen LogP contribution < -0.4 is 16.6 Å². The monoisotopic (exact) mass is 319 g/mol. The molecule has 2 heterocycles. The van der Waals surface area contributed by atoms with Crippen LogP contribution in [0.1, 0.15) is 6.92 Å². The molecule has 0 aliphatic carbocycles. The fraction of sp³-hybridized carbons (Fsp3) is 0.583. The molecule has 112 valence electrons. The highest BCUT2D eigenvalue weighted by molar-refractivity contribution is 6.37. The number of anilines is 2. The van der Waals surface area contributed by atoms with Crippen molar-refractivity contribution in [3.05, 3.63) is 16.1 Å². The second-order valence-corrected chi connectivity index (χ2v) is 5.57. The molecule has 0 amide bonds. The van der Waals surface area contributed by atoms with Crippen molar-refractivity contribution in [1.29, 1.82) is 0 Å². The summed E-state index contributed by atoms with van der Waals surface area (Å²) in [4.78, 5) is 6.61. The van der Waals surface area contributed by atoms with Gasteiger partial charge in [-0.05, 0) is 13.0 Å². The first-order valence-corrected chi connectivity index (χ1v) is 7.25. The SMILES string of the molecule is CC(CN1CCOCC1)Nc1nc(NN)c(Cl)cc1Cl. The van der Waals surface area contributed by atoms with E-state index < -0.39 is 0 Å². The molecule has 0 aromatic carbocycles. The third-order valence-corrected chi connectivity index (χ3v) is 3.66. The van der Waals surface area contributed by atoms with E-state index in [1.807, 2.05) is 0 Å². The lowest BCUT2D eigenvalue weighted by atomic mass is 10.3. The van der Waals surface area contributed by atoms with Crippen LogP contribution in [-0.2, 0) is 4.74 Å². The van der Waals surface area contributed by atoms with Gasteiger partial charge >= 0.3 is 0 Å². The maximum atomic E-state index is 6.13. The predicted octanol–water partition coefficient (Wildman–Crippen LogP) is 1.81. The summed E-state index contributed by atoms with van der Waals surface area (Å²) in [5, 5.41) is 4.15. The molecule has 1 atom stereocenters. The smallest absolute Gasteiger partial charge is 0.161 e. The minimum Gasteiger partial charge on any atom is -0.379 e. The molecule has 1 saturated heterocycles. The van der Waals surface area contributed by atoms with Crippen molar-refractivity contribution in [2.24, 2.45) is 5.84 Å². The number of halogens is 2. The van der Waals surface area contributed by atoms with E-state index in [4.69, 9.17) is 33.8 Å². The van der Waals surface area contributed by atoms with Gasteiger partial charge in [-0.3, -0.25) is 4.90 Å². The van der Waals surface area contributed by atoms with E-state index in [2.05, 4.69) is 27.6 Å². The van der Waals surface area contributed by atoms with E-state index in [0.717, 1.165) is 32.8 Å². The fourth-order valence-electron chi connectivity index (χ4n) is 2.12. The quantitative estimate of drug-likeness (QED) is 0.567. The number of nitrogen functional groups attached to an aromatic ring is 1. The standard InChI is InChI=1S/C12H19Cl2N5O/c1-8(7-19-2-4-20-5-3-19)16-11-9(13)6-10(14)12(17-11)18-15/h6,8H,2-5,7,15H2,1H3,(H2,16,17,18). The van der Waals surface area contributed by atoms with Gasteiger partial charge in [0.15, 0.2) is 5.82 Å². The highest BCUT2D eigenvalue weighted by Gasteiger charge is 2.16. The highest BCUT2D eigenvalue weighted by atomic mass is 35.5. The molecule has 0 spiro atoms. The van der Waals surface area contributed by atoms with Crippen LogP contribution >= 0.6 is 23.2 Å². The summed E-state index contributed by atoms with van der Waals surface area (Å²) >= 11 is 12.1. The molecule has 1 aliphatic heterocycles. The molecule has 4 N–H and O–H groups in total. The lowest BCUT2D eigenvalue weighted by molar-refractivity contribution is 0.0368. The normalized spacial score (nSPS) is 17.8. The largest absolute Gasteiger partial charge is 0.379 e. The molecule has 0 saturated carbocycles. The summed E-state index contributed by atoms with van der Waals surface area (Å²) in [6.07, 6.45) is 0. The van der Waals surface area contributed by atoms with Gasteiger partial charge < -0.3 is 15.5 Å². The van der Waals surface area contributed by atoms with Gasteiger partial charge in [-0.2, -0.15) is 0 Å². The molecule has 8 heteroatoms. The average Bonchev–Trinajstić information content (AvgIpc) is 2.43. The maximum absolute atomic E-state index is 6.13. The number of rotatable bonds is 5. The van der Waals surface area contributed by atoms with E-state index >= 15 is 0 Å². The van der Waals surface area contributed by atoms with Crippen LogP contribution in [0.5, 0.6) is 0 Å². The Hall–Kier alpha value is -0.790. The zero-order valence-corrected chi connectivity index (χ0v) is 12.8. The molecule has 2 rings (SSSR count). The number of nitrogens with one attached hydrogen (secondary N) is 2. The number of hydrogen-bond acceptors (Lipinski definition) is 6. The molecule has 1 aromatic rings. The Labute approximate surface area is 128 Å². The van der Waals surface area contributed by atoms with Crippen molar-refractivity contribution in [3.8, 4) is 0 Å². The highest BCUT2D eigenvalue weighted by Crippen LogP contribution is 2.29. The molecule has 1 fully saturated rings. The van der Waals surface area contributed by atoms with Crippen LogP contribution in [-0.4, -0.2) is 48.8 Å². The molecular weight excluding hydrogens is 301 g/mol. The van der Waals surface area contributed by atoms with Crippen molar-refractivity contribution in [1.82, 2.24) is 9.88 Å². The average molecular weight is 320 g/mol. The number of hydrazine groups is 1. The van der Waals surface area contributed by atoms with E-state index in [9.17, 15) is 0 Å². The lowest BCUT2D eigenvalue weighted by Gasteiger charge is -2.29. The predicted molar refractivity (Wildman–Crippen MR) is 82.4 cm³/mol. The van der Waals surface area contributed by atoms with Gasteiger partial charge in [0.05, 0.1) is 23.3 Å². The summed E-state index contributed by atoms with van der Waals surface area (Å²) in [7, 11) is 0. The molecule has 1 aromatic heterocycles. The number of ether oxygens (including phenoxy) is 1. The van der Waals surface area contributed by atoms with Crippen LogP contribution in [0.2, 0.25) is 10.0 Å². The molecule has 20 heavy (non-hydrogen) atoms. The van der Waals surface area contributed by atoms with Gasteiger partial charge in [-0.15, -0.1) is 0 Å². The second-order valence-electron chi connectivity index (χ2n) is 4.75. The molecule has 6 nitrogen and oxygen atoms in total. The van der Waals surface area contributed by atoms with Gasteiger partial charge in [-0.25, -0.2) is 10.8 Å². The Bertz CT molecular complexity index is 454. The number of nitrogens with two attached hydrogens (primary N) is 1. The number of aromatic nitrogens is 1. The zero-order valence-electron chi connectivity index (χ0n) is 11.3. The number of pyridine rings is 1. The van der Waals surface area contributed by atoms with Crippen LogP contribution in [0.4, 0.5) is 11.6 Å².